The van der Waals surface area contributed by atoms with Crippen LogP contribution in [-0.2, 0) is 0 Å². The van der Waals surface area contributed by atoms with Gasteiger partial charge < -0.3 is 9.84 Å². The molecule has 4 heteroatoms. The highest BCUT2D eigenvalue weighted by atomic mass is 35.5. The Morgan fingerprint density at radius 1 is 1.54 bits per heavy atom. The number of benzene rings is 1. The summed E-state index contributed by atoms with van der Waals surface area (Å²) in [5.74, 6) is -0.149. The lowest BCUT2D eigenvalue weighted by Gasteiger charge is -2.06. The fourth-order valence-corrected chi connectivity index (χ4v) is 1.57. The Labute approximate surface area is 79.9 Å². The topological polar surface area (TPSA) is 29.5 Å². The Morgan fingerprint density at radius 2 is 2.23 bits per heavy atom. The second kappa shape index (κ2) is 2.86. The SMILES string of the molecule is CC1Oc2cc(F)c(Cl)cc2C1O. The first-order chi connectivity index (χ1) is 6.09. The minimum Gasteiger partial charge on any atom is -0.487 e. The summed E-state index contributed by atoms with van der Waals surface area (Å²) in [7, 11) is 0. The van der Waals surface area contributed by atoms with Gasteiger partial charge in [-0.15, -0.1) is 0 Å². The van der Waals surface area contributed by atoms with Crippen LogP contribution < -0.4 is 4.74 Å². The lowest BCUT2D eigenvalue weighted by Crippen LogP contribution is -2.12. The first-order valence-electron chi connectivity index (χ1n) is 3.93. The summed E-state index contributed by atoms with van der Waals surface area (Å²) in [5.41, 5.74) is 0.555. The van der Waals surface area contributed by atoms with Crippen LogP contribution in [0.25, 0.3) is 0 Å². The number of fused-ring (bicyclic) bond motifs is 1. The van der Waals surface area contributed by atoms with Gasteiger partial charge in [0.05, 0.1) is 5.02 Å². The first kappa shape index (κ1) is 8.78. The van der Waals surface area contributed by atoms with Crippen molar-refractivity contribution in [3.8, 4) is 5.75 Å². The van der Waals surface area contributed by atoms with Crippen LogP contribution in [0.15, 0.2) is 12.1 Å². The maximum absolute atomic E-state index is 12.9. The molecule has 13 heavy (non-hydrogen) atoms. The van der Waals surface area contributed by atoms with Crippen LogP contribution in [0.4, 0.5) is 4.39 Å². The van der Waals surface area contributed by atoms with Gasteiger partial charge in [-0.2, -0.15) is 0 Å². The quantitative estimate of drug-likeness (QED) is 0.700. The van der Waals surface area contributed by atoms with Gasteiger partial charge in [-0.3, -0.25) is 0 Å². The normalized spacial score (nSPS) is 25.5. The second-order valence-corrected chi connectivity index (χ2v) is 3.48. The summed E-state index contributed by atoms with van der Waals surface area (Å²) in [5, 5.41) is 9.57. The van der Waals surface area contributed by atoms with Crippen molar-refractivity contribution in [2.75, 3.05) is 0 Å². The minimum absolute atomic E-state index is 0.00972. The van der Waals surface area contributed by atoms with Crippen LogP contribution in [0.3, 0.4) is 0 Å². The van der Waals surface area contributed by atoms with E-state index in [1.165, 1.54) is 12.1 Å². The molecule has 1 N–H and O–H groups in total. The largest absolute Gasteiger partial charge is 0.487 e. The lowest BCUT2D eigenvalue weighted by molar-refractivity contribution is 0.0795. The number of hydrogen-bond acceptors (Lipinski definition) is 2. The van der Waals surface area contributed by atoms with E-state index in [0.29, 0.717) is 11.3 Å². The van der Waals surface area contributed by atoms with Crippen molar-refractivity contribution in [3.63, 3.8) is 0 Å². The molecule has 1 aromatic carbocycles. The van der Waals surface area contributed by atoms with Crippen LogP contribution in [0.2, 0.25) is 5.02 Å². The third-order valence-electron chi connectivity index (χ3n) is 2.13. The molecule has 0 aromatic heterocycles. The number of ether oxygens (including phenoxy) is 1. The van der Waals surface area contributed by atoms with E-state index in [-0.39, 0.29) is 11.1 Å². The maximum atomic E-state index is 12.9. The Bertz CT molecular complexity index is 354. The Kier molecular flexibility index (Phi) is 1.93. The number of rotatable bonds is 0. The molecule has 1 heterocycles. The van der Waals surface area contributed by atoms with Crippen molar-refractivity contribution >= 4 is 11.6 Å². The van der Waals surface area contributed by atoms with Gasteiger partial charge in [0.2, 0.25) is 0 Å². The van der Waals surface area contributed by atoms with Gasteiger partial charge in [0.15, 0.2) is 0 Å². The Morgan fingerprint density at radius 3 is 2.92 bits per heavy atom. The molecule has 70 valence electrons. The fraction of sp³-hybridized carbons (Fsp3) is 0.333. The smallest absolute Gasteiger partial charge is 0.145 e. The molecular weight excluding hydrogens is 195 g/mol. The van der Waals surface area contributed by atoms with E-state index >= 15 is 0 Å². The molecule has 0 radical (unpaired) electrons. The summed E-state index contributed by atoms with van der Waals surface area (Å²) < 4.78 is 18.1. The van der Waals surface area contributed by atoms with Crippen molar-refractivity contribution in [1.29, 1.82) is 0 Å². The molecule has 2 atom stereocenters. The predicted octanol–water partition coefficient (Wildman–Crippen LogP) is 2.29. The first-order valence-corrected chi connectivity index (χ1v) is 4.31. The van der Waals surface area contributed by atoms with Crippen LogP contribution >= 0.6 is 11.6 Å². The van der Waals surface area contributed by atoms with Gasteiger partial charge in [0, 0.05) is 11.6 Å². The van der Waals surface area contributed by atoms with Gasteiger partial charge in [0.1, 0.15) is 23.8 Å². The number of halogens is 2. The summed E-state index contributed by atoms with van der Waals surface area (Å²) >= 11 is 5.56. The van der Waals surface area contributed by atoms with E-state index in [0.717, 1.165) is 0 Å². The van der Waals surface area contributed by atoms with Crippen LogP contribution in [0.5, 0.6) is 5.75 Å². The summed E-state index contributed by atoms with van der Waals surface area (Å²) in [6, 6.07) is 2.60. The van der Waals surface area contributed by atoms with Gasteiger partial charge in [-0.25, -0.2) is 4.39 Å². The highest BCUT2D eigenvalue weighted by Crippen LogP contribution is 2.38. The van der Waals surface area contributed by atoms with Gasteiger partial charge in [0.25, 0.3) is 0 Å². The summed E-state index contributed by atoms with van der Waals surface area (Å²) in [6.07, 6.45) is -1.05. The molecule has 0 spiro atoms. The second-order valence-electron chi connectivity index (χ2n) is 3.07. The summed E-state index contributed by atoms with van der Waals surface area (Å²) in [4.78, 5) is 0. The van der Waals surface area contributed by atoms with Gasteiger partial charge in [-0.1, -0.05) is 11.6 Å². The van der Waals surface area contributed by atoms with Crippen LogP contribution in [-0.4, -0.2) is 11.2 Å². The van der Waals surface area contributed by atoms with E-state index in [1.807, 2.05) is 0 Å². The molecule has 2 nitrogen and oxygen atoms in total. The Hall–Kier alpha value is -0.800. The van der Waals surface area contributed by atoms with E-state index in [4.69, 9.17) is 16.3 Å². The standard InChI is InChI=1S/C9H8ClFO2/c1-4-9(12)5-2-6(10)7(11)3-8(5)13-4/h2-4,9,12H,1H3. The molecule has 1 aliphatic rings. The zero-order valence-corrected chi connectivity index (χ0v) is 7.68. The summed E-state index contributed by atoms with van der Waals surface area (Å²) in [6.45, 7) is 1.72. The molecule has 0 bridgehead atoms. The molecule has 0 fully saturated rings. The molecular formula is C9H8ClFO2. The van der Waals surface area contributed by atoms with E-state index in [2.05, 4.69) is 0 Å². The number of aliphatic hydroxyl groups excluding tert-OH is 1. The minimum atomic E-state index is -0.715. The molecule has 2 unspecified atom stereocenters. The van der Waals surface area contributed by atoms with Crippen molar-refractivity contribution in [2.24, 2.45) is 0 Å². The monoisotopic (exact) mass is 202 g/mol. The molecule has 0 saturated carbocycles. The maximum Gasteiger partial charge on any atom is 0.145 e. The average molecular weight is 203 g/mol. The lowest BCUT2D eigenvalue weighted by atomic mass is 10.1. The highest BCUT2D eigenvalue weighted by molar-refractivity contribution is 6.30. The van der Waals surface area contributed by atoms with Crippen molar-refractivity contribution in [1.82, 2.24) is 0 Å². The predicted molar refractivity (Wildman–Crippen MR) is 46.5 cm³/mol. The van der Waals surface area contributed by atoms with Gasteiger partial charge >= 0.3 is 0 Å². The zero-order valence-electron chi connectivity index (χ0n) is 6.92. The number of hydrogen-bond donors (Lipinski definition) is 1. The van der Waals surface area contributed by atoms with Crippen molar-refractivity contribution in [3.05, 3.63) is 28.5 Å². The van der Waals surface area contributed by atoms with E-state index in [1.54, 1.807) is 6.92 Å². The third-order valence-corrected chi connectivity index (χ3v) is 2.42. The third kappa shape index (κ3) is 1.28. The van der Waals surface area contributed by atoms with Gasteiger partial charge in [-0.05, 0) is 13.0 Å². The van der Waals surface area contributed by atoms with E-state index < -0.39 is 11.9 Å². The molecule has 1 aliphatic heterocycles. The molecule has 0 saturated heterocycles. The molecule has 0 aliphatic carbocycles. The Balaban J connectivity index is 2.53. The highest BCUT2D eigenvalue weighted by Gasteiger charge is 2.30. The van der Waals surface area contributed by atoms with Crippen molar-refractivity contribution < 1.29 is 14.2 Å². The fourth-order valence-electron chi connectivity index (χ4n) is 1.39. The van der Waals surface area contributed by atoms with Crippen LogP contribution in [0, 0.1) is 5.82 Å². The van der Waals surface area contributed by atoms with E-state index in [9.17, 15) is 9.50 Å². The number of aliphatic hydroxyl groups is 1. The van der Waals surface area contributed by atoms with Crippen molar-refractivity contribution in [2.45, 2.75) is 19.1 Å². The average Bonchev–Trinajstić information content (AvgIpc) is 2.32. The molecule has 0 amide bonds. The molecule has 2 rings (SSSR count). The van der Waals surface area contributed by atoms with Crippen LogP contribution in [0.1, 0.15) is 18.6 Å². The molecule has 1 aromatic rings. The zero-order chi connectivity index (χ0) is 9.59.